The van der Waals surface area contributed by atoms with Crippen molar-refractivity contribution in [3.05, 3.63) is 11.3 Å². The lowest BCUT2D eigenvalue weighted by atomic mass is 9.95. The number of esters is 2. The summed E-state index contributed by atoms with van der Waals surface area (Å²) in [5.41, 5.74) is -2.26. The first-order chi connectivity index (χ1) is 7.47. The fourth-order valence-electron chi connectivity index (χ4n) is 1.47. The van der Waals surface area contributed by atoms with Crippen molar-refractivity contribution in [3.8, 4) is 0 Å². The molecule has 0 amide bonds. The number of carbonyl (C=O) groups excluding carboxylic acids is 2. The van der Waals surface area contributed by atoms with Crippen molar-refractivity contribution in [1.82, 2.24) is 0 Å². The van der Waals surface area contributed by atoms with E-state index in [4.69, 9.17) is 9.47 Å². The second-order valence-corrected chi connectivity index (χ2v) is 3.29. The standard InChI is InChI=1S/C10H14O6/c1-4-15-9(12)10(13)5-16-6(2)7(10)8(11)14-3/h13H,4-5H2,1-3H3. The van der Waals surface area contributed by atoms with E-state index in [9.17, 15) is 14.7 Å². The van der Waals surface area contributed by atoms with Crippen LogP contribution in [-0.4, -0.2) is 43.0 Å². The average molecular weight is 230 g/mol. The van der Waals surface area contributed by atoms with Gasteiger partial charge in [-0.3, -0.25) is 0 Å². The molecule has 6 heteroatoms. The molecule has 0 radical (unpaired) electrons. The van der Waals surface area contributed by atoms with Gasteiger partial charge in [0.2, 0.25) is 5.60 Å². The third-order valence-electron chi connectivity index (χ3n) is 2.27. The smallest absolute Gasteiger partial charge is 0.346 e. The molecule has 1 rings (SSSR count). The molecule has 0 saturated heterocycles. The number of carbonyl (C=O) groups is 2. The molecule has 0 aromatic heterocycles. The number of ether oxygens (including phenoxy) is 3. The van der Waals surface area contributed by atoms with E-state index in [1.807, 2.05) is 0 Å². The lowest BCUT2D eigenvalue weighted by molar-refractivity contribution is -0.165. The van der Waals surface area contributed by atoms with Crippen LogP contribution in [0.1, 0.15) is 13.8 Å². The molecule has 0 aromatic carbocycles. The first-order valence-electron chi connectivity index (χ1n) is 4.79. The highest BCUT2D eigenvalue weighted by atomic mass is 16.6. The highest BCUT2D eigenvalue weighted by Gasteiger charge is 2.52. The van der Waals surface area contributed by atoms with Gasteiger partial charge in [-0.2, -0.15) is 0 Å². The normalized spacial score (nSPS) is 24.0. The summed E-state index contributed by atoms with van der Waals surface area (Å²) >= 11 is 0. The van der Waals surface area contributed by atoms with Gasteiger partial charge in [0, 0.05) is 0 Å². The van der Waals surface area contributed by atoms with Crippen molar-refractivity contribution in [2.45, 2.75) is 19.4 Å². The van der Waals surface area contributed by atoms with E-state index in [2.05, 4.69) is 4.74 Å². The maximum absolute atomic E-state index is 11.5. The molecule has 0 spiro atoms. The summed E-state index contributed by atoms with van der Waals surface area (Å²) in [4.78, 5) is 23.0. The monoisotopic (exact) mass is 230 g/mol. The predicted molar refractivity (Wildman–Crippen MR) is 52.3 cm³/mol. The molecule has 16 heavy (non-hydrogen) atoms. The van der Waals surface area contributed by atoms with Gasteiger partial charge in [0.15, 0.2) is 0 Å². The molecule has 0 aliphatic carbocycles. The summed E-state index contributed by atoms with van der Waals surface area (Å²) in [5.74, 6) is -1.54. The number of allylic oxidation sites excluding steroid dienone is 1. The van der Waals surface area contributed by atoms with E-state index in [1.165, 1.54) is 6.92 Å². The fourth-order valence-corrected chi connectivity index (χ4v) is 1.47. The second kappa shape index (κ2) is 4.52. The largest absolute Gasteiger partial charge is 0.493 e. The highest BCUT2D eigenvalue weighted by Crippen LogP contribution is 2.31. The number of hydrogen-bond acceptors (Lipinski definition) is 6. The van der Waals surface area contributed by atoms with E-state index in [1.54, 1.807) is 6.92 Å². The van der Waals surface area contributed by atoms with Gasteiger partial charge in [-0.1, -0.05) is 0 Å². The zero-order valence-electron chi connectivity index (χ0n) is 9.40. The summed E-state index contributed by atoms with van der Waals surface area (Å²) in [7, 11) is 1.16. The third-order valence-corrected chi connectivity index (χ3v) is 2.27. The molecule has 0 fully saturated rings. The second-order valence-electron chi connectivity index (χ2n) is 3.29. The molecule has 1 unspecified atom stereocenters. The average Bonchev–Trinajstić information content (AvgIpc) is 2.56. The molecule has 1 N–H and O–H groups in total. The van der Waals surface area contributed by atoms with Crippen molar-refractivity contribution >= 4 is 11.9 Å². The molecular weight excluding hydrogens is 216 g/mol. The lowest BCUT2D eigenvalue weighted by Gasteiger charge is -2.20. The van der Waals surface area contributed by atoms with Crippen LogP contribution in [0, 0.1) is 0 Å². The van der Waals surface area contributed by atoms with Crippen molar-refractivity contribution in [2.75, 3.05) is 20.3 Å². The Balaban J connectivity index is 3.05. The molecule has 1 aliphatic heterocycles. The van der Waals surface area contributed by atoms with Gasteiger partial charge < -0.3 is 19.3 Å². The minimum Gasteiger partial charge on any atom is -0.493 e. The maximum atomic E-state index is 11.5. The summed E-state index contributed by atoms with van der Waals surface area (Å²) < 4.78 is 14.2. The maximum Gasteiger partial charge on any atom is 0.346 e. The summed E-state index contributed by atoms with van der Waals surface area (Å²) in [6.07, 6.45) is 0. The number of hydrogen-bond donors (Lipinski definition) is 1. The zero-order chi connectivity index (χ0) is 12.3. The summed E-state index contributed by atoms with van der Waals surface area (Å²) in [6, 6.07) is 0. The molecule has 6 nitrogen and oxygen atoms in total. The molecule has 0 bridgehead atoms. The Kier molecular flexibility index (Phi) is 3.54. The highest BCUT2D eigenvalue weighted by molar-refractivity contribution is 6.01. The van der Waals surface area contributed by atoms with Crippen molar-refractivity contribution in [2.24, 2.45) is 0 Å². The van der Waals surface area contributed by atoms with Gasteiger partial charge in [0.25, 0.3) is 0 Å². The topological polar surface area (TPSA) is 82.1 Å². The number of methoxy groups -OCH3 is 1. The Morgan fingerprint density at radius 3 is 2.69 bits per heavy atom. The van der Waals surface area contributed by atoms with Crippen LogP contribution in [0.25, 0.3) is 0 Å². The van der Waals surface area contributed by atoms with E-state index in [-0.39, 0.29) is 24.5 Å². The Bertz CT molecular complexity index is 345. The number of aliphatic hydroxyl groups is 1. The van der Waals surface area contributed by atoms with Crippen LogP contribution in [0.15, 0.2) is 11.3 Å². The van der Waals surface area contributed by atoms with Crippen LogP contribution in [0.4, 0.5) is 0 Å². The van der Waals surface area contributed by atoms with Crippen LogP contribution in [0.5, 0.6) is 0 Å². The van der Waals surface area contributed by atoms with E-state index in [0.717, 1.165) is 7.11 Å². The molecular formula is C10H14O6. The summed E-state index contributed by atoms with van der Waals surface area (Å²) in [6.45, 7) is 2.85. The van der Waals surface area contributed by atoms with Gasteiger partial charge in [0.1, 0.15) is 17.9 Å². The first kappa shape index (κ1) is 12.5. The van der Waals surface area contributed by atoms with Crippen molar-refractivity contribution in [3.63, 3.8) is 0 Å². The van der Waals surface area contributed by atoms with Crippen LogP contribution < -0.4 is 0 Å². The molecule has 1 heterocycles. The van der Waals surface area contributed by atoms with Gasteiger partial charge in [-0.05, 0) is 13.8 Å². The SMILES string of the molecule is CCOC(=O)C1(O)COC(C)=C1C(=O)OC. The van der Waals surface area contributed by atoms with E-state index >= 15 is 0 Å². The molecule has 1 aliphatic rings. The molecule has 1 atom stereocenters. The Morgan fingerprint density at radius 2 is 2.19 bits per heavy atom. The van der Waals surface area contributed by atoms with Gasteiger partial charge >= 0.3 is 11.9 Å². The lowest BCUT2D eigenvalue weighted by Crippen LogP contribution is -2.45. The van der Waals surface area contributed by atoms with E-state index < -0.39 is 17.5 Å². The van der Waals surface area contributed by atoms with Crippen LogP contribution >= 0.6 is 0 Å². The zero-order valence-corrected chi connectivity index (χ0v) is 9.40. The van der Waals surface area contributed by atoms with E-state index in [0.29, 0.717) is 0 Å². The minimum atomic E-state index is -2.06. The Labute approximate surface area is 92.8 Å². The van der Waals surface area contributed by atoms with Crippen molar-refractivity contribution in [1.29, 1.82) is 0 Å². The Hall–Kier alpha value is -1.56. The van der Waals surface area contributed by atoms with Gasteiger partial charge in [0.05, 0.1) is 13.7 Å². The van der Waals surface area contributed by atoms with Gasteiger partial charge in [-0.25, -0.2) is 9.59 Å². The van der Waals surface area contributed by atoms with Crippen molar-refractivity contribution < 1.29 is 28.9 Å². The van der Waals surface area contributed by atoms with Gasteiger partial charge in [-0.15, -0.1) is 0 Å². The van der Waals surface area contributed by atoms with Crippen LogP contribution in [0.2, 0.25) is 0 Å². The Morgan fingerprint density at radius 1 is 1.56 bits per heavy atom. The first-order valence-corrected chi connectivity index (χ1v) is 4.79. The predicted octanol–water partition coefficient (Wildman–Crippen LogP) is -0.242. The third kappa shape index (κ3) is 1.88. The number of rotatable bonds is 3. The summed E-state index contributed by atoms with van der Waals surface area (Å²) in [5, 5.41) is 10.1. The molecule has 0 saturated carbocycles. The van der Waals surface area contributed by atoms with Crippen LogP contribution in [0.3, 0.4) is 0 Å². The quantitative estimate of drug-likeness (QED) is 0.674. The van der Waals surface area contributed by atoms with Crippen LogP contribution in [-0.2, 0) is 23.8 Å². The fraction of sp³-hybridized carbons (Fsp3) is 0.600. The molecule has 90 valence electrons. The molecule has 0 aromatic rings. The minimum absolute atomic E-state index is 0.106.